The van der Waals surface area contributed by atoms with E-state index in [1.807, 2.05) is 0 Å². The van der Waals surface area contributed by atoms with Crippen molar-refractivity contribution in [1.82, 2.24) is 0 Å². The lowest BCUT2D eigenvalue weighted by Crippen LogP contribution is -2.36. The maximum Gasteiger partial charge on any atom is 0.190 e. The fourth-order valence-corrected chi connectivity index (χ4v) is 2.61. The summed E-state index contributed by atoms with van der Waals surface area (Å²) in [4.78, 5) is 2.09. The van der Waals surface area contributed by atoms with Crippen LogP contribution in [0.1, 0.15) is 0 Å². The smallest absolute Gasteiger partial charge is 0.190 e. The van der Waals surface area contributed by atoms with Gasteiger partial charge >= 0.3 is 0 Å². The fraction of sp³-hybridized carbons (Fsp3) is 0.364. The Morgan fingerprint density at radius 3 is 2.33 bits per heavy atom. The maximum atomic E-state index is 7.18. The zero-order chi connectivity index (χ0) is 13.1. The second kappa shape index (κ2) is 5.65. The summed E-state index contributed by atoms with van der Waals surface area (Å²) >= 11 is 12.5. The zero-order valence-corrected chi connectivity index (χ0v) is 11.2. The van der Waals surface area contributed by atoms with E-state index in [2.05, 4.69) is 10.2 Å². The predicted octanol–water partition coefficient (Wildman–Crippen LogP) is 2.14. The minimum atomic E-state index is -0.152. The van der Waals surface area contributed by atoms with E-state index < -0.39 is 0 Å². The van der Waals surface area contributed by atoms with Crippen LogP contribution >= 0.6 is 23.2 Å². The van der Waals surface area contributed by atoms with Gasteiger partial charge in [0.25, 0.3) is 0 Å². The number of hydrogen-bond donors (Lipinski definition) is 3. The third-order valence-electron chi connectivity index (χ3n) is 2.62. The standard InChI is InChI=1S/C11H14Cl2N4O/c12-8-5-7(16-11(14)15)6-9(13)10(8)17-1-3-18-4-2-17/h5-6H,1-4H2,(H4,14,15,16). The van der Waals surface area contributed by atoms with E-state index in [1.165, 1.54) is 0 Å². The minimum absolute atomic E-state index is 0.152. The van der Waals surface area contributed by atoms with Crippen LogP contribution in [0.4, 0.5) is 11.4 Å². The Kier molecular flexibility index (Phi) is 4.16. The molecule has 0 aliphatic carbocycles. The van der Waals surface area contributed by atoms with Gasteiger partial charge in [0, 0.05) is 18.8 Å². The first-order valence-electron chi connectivity index (χ1n) is 5.50. The molecule has 0 spiro atoms. The maximum absolute atomic E-state index is 7.18. The zero-order valence-electron chi connectivity index (χ0n) is 9.67. The summed E-state index contributed by atoms with van der Waals surface area (Å²) in [6.07, 6.45) is 0. The van der Waals surface area contributed by atoms with Crippen molar-refractivity contribution in [2.75, 3.05) is 36.5 Å². The molecule has 1 heterocycles. The molecule has 5 nitrogen and oxygen atoms in total. The average molecular weight is 289 g/mol. The van der Waals surface area contributed by atoms with Crippen molar-refractivity contribution in [3.8, 4) is 0 Å². The van der Waals surface area contributed by atoms with Crippen LogP contribution in [0.15, 0.2) is 12.1 Å². The highest BCUT2D eigenvalue weighted by molar-refractivity contribution is 6.39. The summed E-state index contributed by atoms with van der Waals surface area (Å²) in [5, 5.41) is 10.9. The summed E-state index contributed by atoms with van der Waals surface area (Å²) in [6.45, 7) is 2.86. The number of anilines is 2. The van der Waals surface area contributed by atoms with Crippen LogP contribution in [0, 0.1) is 5.41 Å². The van der Waals surface area contributed by atoms with Crippen molar-refractivity contribution < 1.29 is 4.74 Å². The molecule has 18 heavy (non-hydrogen) atoms. The monoisotopic (exact) mass is 288 g/mol. The molecule has 0 atom stereocenters. The normalized spacial score (nSPS) is 15.6. The van der Waals surface area contributed by atoms with E-state index >= 15 is 0 Å². The van der Waals surface area contributed by atoms with Gasteiger partial charge in [0.1, 0.15) is 0 Å². The molecule has 1 aliphatic rings. The van der Waals surface area contributed by atoms with E-state index in [0.29, 0.717) is 28.9 Å². The molecule has 0 saturated carbocycles. The van der Waals surface area contributed by atoms with Gasteiger partial charge in [-0.25, -0.2) is 0 Å². The first kappa shape index (κ1) is 13.3. The van der Waals surface area contributed by atoms with Crippen LogP contribution in [-0.4, -0.2) is 32.3 Å². The number of hydrogen-bond acceptors (Lipinski definition) is 3. The van der Waals surface area contributed by atoms with E-state index in [0.717, 1.165) is 18.8 Å². The molecule has 1 aromatic carbocycles. The van der Waals surface area contributed by atoms with Gasteiger partial charge in [-0.1, -0.05) is 23.2 Å². The van der Waals surface area contributed by atoms with Crippen LogP contribution in [-0.2, 0) is 4.74 Å². The lowest BCUT2D eigenvalue weighted by molar-refractivity contribution is 0.122. The second-order valence-corrected chi connectivity index (χ2v) is 4.74. The van der Waals surface area contributed by atoms with Crippen LogP contribution in [0.5, 0.6) is 0 Å². The summed E-state index contributed by atoms with van der Waals surface area (Å²) in [5.41, 5.74) is 6.67. The number of nitrogens with one attached hydrogen (secondary N) is 2. The molecule has 2 rings (SSSR count). The average Bonchev–Trinajstić information content (AvgIpc) is 2.28. The molecule has 0 aromatic heterocycles. The van der Waals surface area contributed by atoms with Crippen LogP contribution < -0.4 is 16.0 Å². The molecular formula is C11H14Cl2N4O. The molecule has 1 saturated heterocycles. The molecule has 1 fully saturated rings. The van der Waals surface area contributed by atoms with Crippen LogP contribution in [0.3, 0.4) is 0 Å². The van der Waals surface area contributed by atoms with Gasteiger partial charge in [0.05, 0.1) is 28.9 Å². The Hall–Kier alpha value is -1.17. The van der Waals surface area contributed by atoms with E-state index in [4.69, 9.17) is 39.1 Å². The van der Waals surface area contributed by atoms with Crippen molar-refractivity contribution in [3.05, 3.63) is 22.2 Å². The minimum Gasteiger partial charge on any atom is -0.378 e. The molecule has 4 N–H and O–H groups in total. The number of ether oxygens (including phenoxy) is 1. The Morgan fingerprint density at radius 2 is 1.83 bits per heavy atom. The number of nitrogens with zero attached hydrogens (tertiary/aromatic N) is 1. The number of guanidine groups is 1. The second-order valence-electron chi connectivity index (χ2n) is 3.93. The number of rotatable bonds is 2. The molecule has 0 bridgehead atoms. The molecule has 1 aliphatic heterocycles. The molecule has 1 aromatic rings. The van der Waals surface area contributed by atoms with Gasteiger partial charge in [-0.05, 0) is 12.1 Å². The number of benzene rings is 1. The van der Waals surface area contributed by atoms with Gasteiger partial charge in [-0.2, -0.15) is 0 Å². The summed E-state index contributed by atoms with van der Waals surface area (Å²) < 4.78 is 5.29. The van der Waals surface area contributed by atoms with Crippen molar-refractivity contribution in [1.29, 1.82) is 5.41 Å². The number of halogens is 2. The highest BCUT2D eigenvalue weighted by Gasteiger charge is 2.18. The lowest BCUT2D eigenvalue weighted by Gasteiger charge is -2.30. The van der Waals surface area contributed by atoms with Crippen molar-refractivity contribution >= 4 is 40.5 Å². The van der Waals surface area contributed by atoms with Crippen molar-refractivity contribution in [2.24, 2.45) is 5.73 Å². The highest BCUT2D eigenvalue weighted by Crippen LogP contribution is 2.37. The molecule has 0 unspecified atom stereocenters. The fourth-order valence-electron chi connectivity index (χ4n) is 1.88. The number of morpholine rings is 1. The quantitative estimate of drug-likeness (QED) is 0.576. The van der Waals surface area contributed by atoms with Gasteiger partial charge in [-0.3, -0.25) is 5.41 Å². The van der Waals surface area contributed by atoms with Gasteiger partial charge < -0.3 is 20.7 Å². The van der Waals surface area contributed by atoms with E-state index in [-0.39, 0.29) is 5.96 Å². The van der Waals surface area contributed by atoms with Crippen LogP contribution in [0.2, 0.25) is 10.0 Å². The Balaban J connectivity index is 2.28. The van der Waals surface area contributed by atoms with Crippen molar-refractivity contribution in [2.45, 2.75) is 0 Å². The molecule has 0 radical (unpaired) electrons. The number of nitrogens with two attached hydrogens (primary N) is 1. The largest absolute Gasteiger partial charge is 0.378 e. The third kappa shape index (κ3) is 2.98. The Bertz CT molecular complexity index is 437. The van der Waals surface area contributed by atoms with E-state index in [9.17, 15) is 0 Å². The SMILES string of the molecule is N=C(N)Nc1cc(Cl)c(N2CCOCC2)c(Cl)c1. The Labute approximate surface area is 115 Å². The van der Waals surface area contributed by atoms with Gasteiger partial charge in [-0.15, -0.1) is 0 Å². The lowest BCUT2D eigenvalue weighted by atomic mass is 10.2. The topological polar surface area (TPSA) is 74.4 Å². The predicted molar refractivity (Wildman–Crippen MR) is 75.0 cm³/mol. The molecule has 7 heteroatoms. The summed E-state index contributed by atoms with van der Waals surface area (Å²) in [5.74, 6) is -0.152. The van der Waals surface area contributed by atoms with Crippen LogP contribution in [0.25, 0.3) is 0 Å². The summed E-state index contributed by atoms with van der Waals surface area (Å²) in [6, 6.07) is 3.42. The highest BCUT2D eigenvalue weighted by atomic mass is 35.5. The first-order chi connectivity index (χ1) is 8.58. The van der Waals surface area contributed by atoms with Gasteiger partial charge in [0.2, 0.25) is 0 Å². The summed E-state index contributed by atoms with van der Waals surface area (Å²) in [7, 11) is 0. The molecule has 0 amide bonds. The Morgan fingerprint density at radius 1 is 1.28 bits per heavy atom. The molecule has 98 valence electrons. The molecular weight excluding hydrogens is 275 g/mol. The third-order valence-corrected chi connectivity index (χ3v) is 3.20. The van der Waals surface area contributed by atoms with Gasteiger partial charge in [0.15, 0.2) is 5.96 Å². The van der Waals surface area contributed by atoms with E-state index in [1.54, 1.807) is 12.1 Å². The van der Waals surface area contributed by atoms with Crippen molar-refractivity contribution in [3.63, 3.8) is 0 Å². The first-order valence-corrected chi connectivity index (χ1v) is 6.26.